The van der Waals surface area contributed by atoms with E-state index in [1.54, 1.807) is 17.4 Å². The third-order valence-electron chi connectivity index (χ3n) is 5.10. The van der Waals surface area contributed by atoms with Gasteiger partial charge in [-0.25, -0.2) is 4.98 Å². The maximum absolute atomic E-state index is 12.8. The van der Waals surface area contributed by atoms with E-state index in [9.17, 15) is 4.79 Å². The molecular formula is C19H19N5O4. The molecule has 0 fully saturated rings. The van der Waals surface area contributed by atoms with Gasteiger partial charge in [0.25, 0.3) is 0 Å². The molecule has 2 aliphatic heterocycles. The van der Waals surface area contributed by atoms with Gasteiger partial charge in [-0.2, -0.15) is 0 Å². The Morgan fingerprint density at radius 1 is 1.32 bits per heavy atom. The van der Waals surface area contributed by atoms with Crippen LogP contribution in [0, 0.1) is 0 Å². The van der Waals surface area contributed by atoms with E-state index in [0.29, 0.717) is 43.1 Å². The molecular weight excluding hydrogens is 362 g/mol. The largest absolute Gasteiger partial charge is 0.454 e. The highest BCUT2D eigenvalue weighted by Gasteiger charge is 2.30. The molecule has 2 aromatic heterocycles. The lowest BCUT2D eigenvalue weighted by Crippen LogP contribution is -2.46. The number of aromatic nitrogens is 3. The lowest BCUT2D eigenvalue weighted by Gasteiger charge is -2.28. The predicted octanol–water partition coefficient (Wildman–Crippen LogP) is 1.25. The SMILES string of the molecule is N[C@@H](Cc1cnc[nH]1)C(=O)N1CCc2onc(-c3ccc4c(c3)OCO4)c2C1. The molecule has 1 aromatic carbocycles. The first kappa shape index (κ1) is 16.8. The van der Waals surface area contributed by atoms with Crippen molar-refractivity contribution in [3.63, 3.8) is 0 Å². The average Bonchev–Trinajstić information content (AvgIpc) is 3.46. The molecule has 1 amide bonds. The van der Waals surface area contributed by atoms with Crippen LogP contribution in [0.5, 0.6) is 11.5 Å². The van der Waals surface area contributed by atoms with E-state index >= 15 is 0 Å². The smallest absolute Gasteiger partial charge is 0.240 e. The molecule has 144 valence electrons. The van der Waals surface area contributed by atoms with Crippen molar-refractivity contribution < 1.29 is 18.8 Å². The number of H-pyrrole nitrogens is 1. The van der Waals surface area contributed by atoms with Crippen molar-refractivity contribution in [3.8, 4) is 22.8 Å². The van der Waals surface area contributed by atoms with Crippen molar-refractivity contribution in [2.75, 3.05) is 13.3 Å². The van der Waals surface area contributed by atoms with E-state index in [4.69, 9.17) is 19.7 Å². The van der Waals surface area contributed by atoms with Gasteiger partial charge in [0.2, 0.25) is 12.7 Å². The minimum Gasteiger partial charge on any atom is -0.454 e. The van der Waals surface area contributed by atoms with Gasteiger partial charge in [0.1, 0.15) is 11.5 Å². The number of benzene rings is 1. The Labute approximate surface area is 160 Å². The van der Waals surface area contributed by atoms with Gasteiger partial charge in [0, 0.05) is 42.4 Å². The molecule has 0 saturated heterocycles. The zero-order chi connectivity index (χ0) is 19.1. The zero-order valence-electron chi connectivity index (χ0n) is 15.1. The van der Waals surface area contributed by atoms with Gasteiger partial charge >= 0.3 is 0 Å². The van der Waals surface area contributed by atoms with Gasteiger partial charge in [-0.1, -0.05) is 5.16 Å². The van der Waals surface area contributed by atoms with Crippen molar-refractivity contribution in [1.29, 1.82) is 0 Å². The number of hydrogen-bond donors (Lipinski definition) is 2. The minimum atomic E-state index is -0.629. The lowest BCUT2D eigenvalue weighted by molar-refractivity contribution is -0.133. The van der Waals surface area contributed by atoms with Crippen LogP contribution < -0.4 is 15.2 Å². The maximum Gasteiger partial charge on any atom is 0.240 e. The highest BCUT2D eigenvalue weighted by Crippen LogP contribution is 2.38. The van der Waals surface area contributed by atoms with Gasteiger partial charge in [-0.15, -0.1) is 0 Å². The number of carbonyl (C=O) groups excluding carboxylic acids is 1. The molecule has 9 nitrogen and oxygen atoms in total. The Kier molecular flexibility index (Phi) is 4.01. The van der Waals surface area contributed by atoms with Gasteiger partial charge in [-0.3, -0.25) is 4.79 Å². The van der Waals surface area contributed by atoms with E-state index in [-0.39, 0.29) is 12.7 Å². The van der Waals surface area contributed by atoms with Crippen molar-refractivity contribution in [2.45, 2.75) is 25.4 Å². The number of rotatable bonds is 4. The number of hydrogen-bond acceptors (Lipinski definition) is 7. The molecule has 4 heterocycles. The molecule has 28 heavy (non-hydrogen) atoms. The van der Waals surface area contributed by atoms with Crippen LogP contribution >= 0.6 is 0 Å². The third-order valence-corrected chi connectivity index (χ3v) is 5.10. The quantitative estimate of drug-likeness (QED) is 0.698. The zero-order valence-corrected chi connectivity index (χ0v) is 15.1. The first-order chi connectivity index (χ1) is 13.7. The highest BCUT2D eigenvalue weighted by molar-refractivity contribution is 5.82. The van der Waals surface area contributed by atoms with Crippen LogP contribution in [0.2, 0.25) is 0 Å². The Morgan fingerprint density at radius 3 is 3.07 bits per heavy atom. The first-order valence-corrected chi connectivity index (χ1v) is 9.08. The first-order valence-electron chi connectivity index (χ1n) is 9.08. The summed E-state index contributed by atoms with van der Waals surface area (Å²) in [5.41, 5.74) is 9.47. The highest BCUT2D eigenvalue weighted by atomic mass is 16.7. The van der Waals surface area contributed by atoms with Crippen molar-refractivity contribution >= 4 is 5.91 Å². The standard InChI is InChI=1S/C19H19N5O4/c20-14(6-12-7-21-9-22-12)19(25)24-4-3-15-13(8-24)18(23-28-15)11-1-2-16-17(5-11)27-10-26-16/h1-2,5,7,9,14H,3-4,6,8,10,20H2,(H,21,22)/t14-/m0/s1. The molecule has 0 spiro atoms. The molecule has 0 unspecified atom stereocenters. The number of nitrogens with one attached hydrogen (secondary N) is 1. The second-order valence-electron chi connectivity index (χ2n) is 6.90. The molecule has 0 aliphatic carbocycles. The van der Waals surface area contributed by atoms with Crippen LogP contribution in [0.1, 0.15) is 17.0 Å². The van der Waals surface area contributed by atoms with Crippen molar-refractivity contribution in [1.82, 2.24) is 20.0 Å². The number of nitrogens with two attached hydrogens (primary N) is 1. The average molecular weight is 381 g/mol. The molecule has 0 bridgehead atoms. The van der Waals surface area contributed by atoms with E-state index in [2.05, 4.69) is 15.1 Å². The van der Waals surface area contributed by atoms with Crippen molar-refractivity contribution in [3.05, 3.63) is 47.7 Å². The van der Waals surface area contributed by atoms with Gasteiger partial charge in [0.15, 0.2) is 11.5 Å². The number of fused-ring (bicyclic) bond motifs is 2. The van der Waals surface area contributed by atoms with Crippen LogP contribution in [0.4, 0.5) is 0 Å². The maximum atomic E-state index is 12.8. The molecule has 0 saturated carbocycles. The molecule has 1 atom stereocenters. The number of ether oxygens (including phenoxy) is 2. The summed E-state index contributed by atoms with van der Waals surface area (Å²) in [6.45, 7) is 1.18. The third kappa shape index (κ3) is 2.89. The molecule has 3 aromatic rings. The van der Waals surface area contributed by atoms with Crippen LogP contribution in [0.3, 0.4) is 0 Å². The number of imidazole rings is 1. The van der Waals surface area contributed by atoms with E-state index in [1.807, 2.05) is 18.2 Å². The summed E-state index contributed by atoms with van der Waals surface area (Å²) in [5.74, 6) is 2.10. The second kappa shape index (κ2) is 6.68. The van der Waals surface area contributed by atoms with Crippen LogP contribution in [-0.4, -0.2) is 45.3 Å². The molecule has 9 heteroatoms. The molecule has 2 aliphatic rings. The summed E-state index contributed by atoms with van der Waals surface area (Å²) < 4.78 is 16.3. The summed E-state index contributed by atoms with van der Waals surface area (Å²) in [6, 6.07) is 5.02. The number of carbonyl (C=O) groups is 1. The van der Waals surface area contributed by atoms with E-state index < -0.39 is 6.04 Å². The minimum absolute atomic E-state index is 0.0990. The van der Waals surface area contributed by atoms with Gasteiger partial charge in [-0.05, 0) is 18.2 Å². The normalized spacial score (nSPS) is 16.1. The van der Waals surface area contributed by atoms with Crippen LogP contribution in [-0.2, 0) is 24.2 Å². The summed E-state index contributed by atoms with van der Waals surface area (Å²) in [4.78, 5) is 21.5. The monoisotopic (exact) mass is 381 g/mol. The molecule has 3 N–H and O–H groups in total. The topological polar surface area (TPSA) is 120 Å². The van der Waals surface area contributed by atoms with Gasteiger partial charge < -0.3 is 29.6 Å². The van der Waals surface area contributed by atoms with Crippen LogP contribution in [0.15, 0.2) is 35.2 Å². The summed E-state index contributed by atoms with van der Waals surface area (Å²) in [7, 11) is 0. The number of aromatic amines is 1. The molecule has 5 rings (SSSR count). The van der Waals surface area contributed by atoms with Crippen LogP contribution in [0.25, 0.3) is 11.3 Å². The Bertz CT molecular complexity index is 1010. The predicted molar refractivity (Wildman–Crippen MR) is 97.5 cm³/mol. The fourth-order valence-corrected chi connectivity index (χ4v) is 3.62. The lowest BCUT2D eigenvalue weighted by atomic mass is 10.00. The Morgan fingerprint density at radius 2 is 2.21 bits per heavy atom. The Balaban J connectivity index is 1.37. The second-order valence-corrected chi connectivity index (χ2v) is 6.90. The fraction of sp³-hybridized carbons (Fsp3) is 0.316. The summed E-state index contributed by atoms with van der Waals surface area (Å²) in [6.07, 6.45) is 4.28. The number of amides is 1. The Hall–Kier alpha value is -3.33. The summed E-state index contributed by atoms with van der Waals surface area (Å²) in [5, 5.41) is 4.24. The fourth-order valence-electron chi connectivity index (χ4n) is 3.62. The van der Waals surface area contributed by atoms with E-state index in [1.165, 1.54) is 0 Å². The van der Waals surface area contributed by atoms with Gasteiger partial charge in [0.05, 0.1) is 18.9 Å². The summed E-state index contributed by atoms with van der Waals surface area (Å²) >= 11 is 0. The van der Waals surface area contributed by atoms with E-state index in [0.717, 1.165) is 22.6 Å². The molecule has 0 radical (unpaired) electrons. The van der Waals surface area contributed by atoms with Crippen molar-refractivity contribution in [2.24, 2.45) is 5.73 Å². The number of nitrogens with zero attached hydrogens (tertiary/aromatic N) is 3.